The van der Waals surface area contributed by atoms with Gasteiger partial charge in [-0.2, -0.15) is 4.98 Å². The van der Waals surface area contributed by atoms with Crippen LogP contribution in [-0.2, 0) is 16.4 Å². The maximum Gasteiger partial charge on any atom is 0.231 e. The predicted molar refractivity (Wildman–Crippen MR) is 92.9 cm³/mol. The summed E-state index contributed by atoms with van der Waals surface area (Å²) in [5, 5.41) is -0.164. The lowest BCUT2D eigenvalue weighted by molar-refractivity contribution is 0.340. The number of ether oxygens (including phenoxy) is 1. The fourth-order valence-corrected chi connectivity index (χ4v) is 3.79. The molecule has 0 aliphatic rings. The van der Waals surface area contributed by atoms with Crippen LogP contribution < -0.4 is 10.5 Å². The number of rotatable bonds is 6. The first-order chi connectivity index (χ1) is 12.1. The summed E-state index contributed by atoms with van der Waals surface area (Å²) in [5.74, 6) is 0.850. The van der Waals surface area contributed by atoms with Crippen LogP contribution in [0.3, 0.4) is 0 Å². The minimum absolute atomic E-state index is 0.0782. The maximum atomic E-state index is 12.9. The van der Waals surface area contributed by atoms with Crippen molar-refractivity contribution in [1.82, 2.24) is 4.98 Å². The SMILES string of the molecule is CCOc1ccccc1-c1nc(S(=O)(=O)c2ccccc2)c(CN)o1. The smallest absolute Gasteiger partial charge is 0.231 e. The Balaban J connectivity index is 2.13. The normalized spacial score (nSPS) is 11.4. The van der Waals surface area contributed by atoms with Gasteiger partial charge in [-0.25, -0.2) is 8.42 Å². The van der Waals surface area contributed by atoms with Gasteiger partial charge in [-0.1, -0.05) is 30.3 Å². The largest absolute Gasteiger partial charge is 0.493 e. The first-order valence-corrected chi connectivity index (χ1v) is 9.28. The predicted octanol–water partition coefficient (Wildman–Crippen LogP) is 3.03. The van der Waals surface area contributed by atoms with Crippen molar-refractivity contribution in [3.8, 4) is 17.2 Å². The zero-order chi connectivity index (χ0) is 17.9. The Bertz CT molecular complexity index is 966. The third-order valence-electron chi connectivity index (χ3n) is 3.57. The van der Waals surface area contributed by atoms with Crippen molar-refractivity contribution in [3.05, 3.63) is 60.4 Å². The number of nitrogens with two attached hydrogens (primary N) is 1. The molecular formula is C18H18N2O4S. The molecule has 0 aliphatic carbocycles. The van der Waals surface area contributed by atoms with Crippen molar-refractivity contribution in [1.29, 1.82) is 0 Å². The number of nitrogens with zero attached hydrogens (tertiary/aromatic N) is 1. The minimum Gasteiger partial charge on any atom is -0.493 e. The van der Waals surface area contributed by atoms with E-state index in [2.05, 4.69) is 4.98 Å². The van der Waals surface area contributed by atoms with Crippen molar-refractivity contribution in [2.75, 3.05) is 6.61 Å². The zero-order valence-corrected chi connectivity index (χ0v) is 14.5. The van der Waals surface area contributed by atoms with E-state index >= 15 is 0 Å². The van der Waals surface area contributed by atoms with Crippen molar-refractivity contribution < 1.29 is 17.6 Å². The number of aromatic nitrogens is 1. The van der Waals surface area contributed by atoms with Crippen molar-refractivity contribution in [2.45, 2.75) is 23.4 Å². The van der Waals surface area contributed by atoms with Crippen LogP contribution in [0.15, 0.2) is 68.9 Å². The number of hydrogen-bond donors (Lipinski definition) is 1. The number of benzene rings is 2. The highest BCUT2D eigenvalue weighted by atomic mass is 32.2. The summed E-state index contributed by atoms with van der Waals surface area (Å²) in [6, 6.07) is 15.2. The van der Waals surface area contributed by atoms with E-state index in [-0.39, 0.29) is 28.1 Å². The highest BCUT2D eigenvalue weighted by molar-refractivity contribution is 7.91. The van der Waals surface area contributed by atoms with Gasteiger partial charge in [-0.3, -0.25) is 0 Å². The summed E-state index contributed by atoms with van der Waals surface area (Å²) in [7, 11) is -3.82. The van der Waals surface area contributed by atoms with Gasteiger partial charge in [0.15, 0.2) is 5.76 Å². The molecule has 0 unspecified atom stereocenters. The Morgan fingerprint density at radius 3 is 2.44 bits per heavy atom. The van der Waals surface area contributed by atoms with E-state index in [1.54, 1.807) is 36.4 Å². The first-order valence-electron chi connectivity index (χ1n) is 7.80. The Hall–Kier alpha value is -2.64. The number of para-hydroxylation sites is 1. The molecule has 130 valence electrons. The Kier molecular flexibility index (Phi) is 4.87. The molecule has 25 heavy (non-hydrogen) atoms. The third-order valence-corrected chi connectivity index (χ3v) is 5.29. The van der Waals surface area contributed by atoms with E-state index in [1.807, 2.05) is 13.0 Å². The molecule has 1 aromatic heterocycles. The van der Waals surface area contributed by atoms with E-state index in [0.29, 0.717) is 17.9 Å². The molecule has 0 atom stereocenters. The lowest BCUT2D eigenvalue weighted by Gasteiger charge is -2.06. The van der Waals surface area contributed by atoms with Crippen LogP contribution in [0.25, 0.3) is 11.5 Å². The molecule has 1 heterocycles. The van der Waals surface area contributed by atoms with E-state index < -0.39 is 9.84 Å². The molecule has 2 N–H and O–H groups in total. The molecule has 3 aromatic rings. The summed E-state index contributed by atoms with van der Waals surface area (Å²) in [6.45, 7) is 2.25. The third kappa shape index (κ3) is 3.29. The van der Waals surface area contributed by atoms with Gasteiger partial charge < -0.3 is 14.9 Å². The molecule has 0 saturated carbocycles. The second-order valence-corrected chi connectivity index (χ2v) is 7.06. The molecule has 3 rings (SSSR count). The van der Waals surface area contributed by atoms with Crippen LogP contribution in [0.2, 0.25) is 0 Å². The van der Waals surface area contributed by atoms with Gasteiger partial charge in [-0.15, -0.1) is 0 Å². The number of sulfone groups is 1. The van der Waals surface area contributed by atoms with Crippen LogP contribution >= 0.6 is 0 Å². The quantitative estimate of drug-likeness (QED) is 0.728. The molecule has 0 spiro atoms. The second-order valence-electron chi connectivity index (χ2n) is 5.20. The fourth-order valence-electron chi connectivity index (χ4n) is 2.43. The molecule has 0 bridgehead atoms. The standard InChI is InChI=1S/C18H18N2O4S/c1-2-23-15-11-7-6-10-14(15)17-20-18(16(12-19)24-17)25(21,22)13-8-4-3-5-9-13/h3-11H,2,12,19H2,1H3. The summed E-state index contributed by atoms with van der Waals surface area (Å²) >= 11 is 0. The second kappa shape index (κ2) is 7.08. The Morgan fingerprint density at radius 1 is 1.08 bits per heavy atom. The van der Waals surface area contributed by atoms with E-state index in [4.69, 9.17) is 14.9 Å². The van der Waals surface area contributed by atoms with Gasteiger partial charge in [-0.05, 0) is 31.2 Å². The molecular weight excluding hydrogens is 340 g/mol. The van der Waals surface area contributed by atoms with E-state index in [9.17, 15) is 8.42 Å². The highest BCUT2D eigenvalue weighted by Gasteiger charge is 2.28. The lowest BCUT2D eigenvalue weighted by Crippen LogP contribution is -2.07. The van der Waals surface area contributed by atoms with Gasteiger partial charge in [0, 0.05) is 0 Å². The van der Waals surface area contributed by atoms with Crippen molar-refractivity contribution in [3.63, 3.8) is 0 Å². The summed E-state index contributed by atoms with van der Waals surface area (Å²) in [5.41, 5.74) is 6.26. The van der Waals surface area contributed by atoms with Gasteiger partial charge in [0.1, 0.15) is 5.75 Å². The Morgan fingerprint density at radius 2 is 1.76 bits per heavy atom. The average Bonchev–Trinajstić information content (AvgIpc) is 3.08. The molecule has 0 amide bonds. The monoisotopic (exact) mass is 358 g/mol. The molecule has 6 nitrogen and oxygen atoms in total. The summed E-state index contributed by atoms with van der Waals surface area (Å²) < 4.78 is 36.9. The molecule has 2 aromatic carbocycles. The molecule has 0 fully saturated rings. The molecule has 0 aliphatic heterocycles. The van der Waals surface area contributed by atoms with Gasteiger partial charge in [0.05, 0.1) is 23.6 Å². The zero-order valence-electron chi connectivity index (χ0n) is 13.7. The van der Waals surface area contributed by atoms with E-state index in [1.165, 1.54) is 12.1 Å². The van der Waals surface area contributed by atoms with Gasteiger partial charge >= 0.3 is 0 Å². The number of hydrogen-bond acceptors (Lipinski definition) is 6. The van der Waals surface area contributed by atoms with Crippen LogP contribution in [0.4, 0.5) is 0 Å². The fraction of sp³-hybridized carbons (Fsp3) is 0.167. The maximum absolute atomic E-state index is 12.9. The molecule has 0 radical (unpaired) electrons. The highest BCUT2D eigenvalue weighted by Crippen LogP contribution is 2.33. The minimum atomic E-state index is -3.82. The van der Waals surface area contributed by atoms with Crippen molar-refractivity contribution >= 4 is 9.84 Å². The average molecular weight is 358 g/mol. The van der Waals surface area contributed by atoms with Crippen LogP contribution in [0.5, 0.6) is 5.75 Å². The van der Waals surface area contributed by atoms with Crippen LogP contribution in [0.1, 0.15) is 12.7 Å². The topological polar surface area (TPSA) is 95.4 Å². The number of oxazole rings is 1. The lowest BCUT2D eigenvalue weighted by atomic mass is 10.2. The Labute approximate surface area is 146 Å². The van der Waals surface area contributed by atoms with Crippen molar-refractivity contribution in [2.24, 2.45) is 5.73 Å². The van der Waals surface area contributed by atoms with Crippen LogP contribution in [-0.4, -0.2) is 20.0 Å². The molecule has 0 saturated heterocycles. The first kappa shape index (κ1) is 17.2. The van der Waals surface area contributed by atoms with E-state index in [0.717, 1.165) is 0 Å². The summed E-state index contributed by atoms with van der Waals surface area (Å²) in [6.07, 6.45) is 0. The van der Waals surface area contributed by atoms with Gasteiger partial charge in [0.25, 0.3) is 0 Å². The summed E-state index contributed by atoms with van der Waals surface area (Å²) in [4.78, 5) is 4.37. The van der Waals surface area contributed by atoms with Crippen LogP contribution in [0, 0.1) is 0 Å². The van der Waals surface area contributed by atoms with Gasteiger partial charge in [0.2, 0.25) is 20.8 Å². The molecule has 7 heteroatoms.